The van der Waals surface area contributed by atoms with Crippen LogP contribution < -0.4 is 14.2 Å². The molecule has 0 unspecified atom stereocenters. The number of ether oxygens (including phenoxy) is 2. The molecule has 0 saturated carbocycles. The van der Waals surface area contributed by atoms with Gasteiger partial charge in [0.2, 0.25) is 15.9 Å². The zero-order valence-corrected chi connectivity index (χ0v) is 16.7. The van der Waals surface area contributed by atoms with E-state index in [1.54, 1.807) is 4.72 Å². The van der Waals surface area contributed by atoms with Gasteiger partial charge in [-0.3, -0.25) is 4.79 Å². The Morgan fingerprint density at radius 3 is 2.44 bits per heavy atom. The fourth-order valence-electron chi connectivity index (χ4n) is 1.90. The number of pyridine rings is 1. The first kappa shape index (κ1) is 21.2. The van der Waals surface area contributed by atoms with Crippen molar-refractivity contribution in [1.82, 2.24) is 9.71 Å². The lowest BCUT2D eigenvalue weighted by atomic mass is 10.2. The number of carbonyl (C=O) groups excluding carboxylic acids is 1. The van der Waals surface area contributed by atoms with Crippen LogP contribution in [0.4, 0.5) is 4.39 Å². The predicted octanol–water partition coefficient (Wildman–Crippen LogP) is 3.80. The van der Waals surface area contributed by atoms with E-state index in [1.165, 1.54) is 12.3 Å². The van der Waals surface area contributed by atoms with Gasteiger partial charge >= 0.3 is 0 Å². The normalized spacial score (nSPS) is 11.4. The van der Waals surface area contributed by atoms with Gasteiger partial charge in [0.1, 0.15) is 22.3 Å². The van der Waals surface area contributed by atoms with Crippen molar-refractivity contribution in [2.45, 2.75) is 20.0 Å². The molecule has 0 spiro atoms. The standard InChI is InChI=1S/C16H15Cl2FN2O5S/c1-8(2)25-16-12(18)4-9(7-20-16)26-14-6-13(19)10(5-11(14)17)15(22)21-27(3,23)24/h4-8H,1-3H3,(H,21,22). The second kappa shape index (κ2) is 8.28. The fourth-order valence-corrected chi connectivity index (χ4v) is 2.75. The van der Waals surface area contributed by atoms with Crippen molar-refractivity contribution in [3.05, 3.63) is 45.8 Å². The number of sulfonamides is 1. The van der Waals surface area contributed by atoms with Crippen LogP contribution in [0.3, 0.4) is 0 Å². The molecule has 0 atom stereocenters. The van der Waals surface area contributed by atoms with Gasteiger partial charge in [0.15, 0.2) is 0 Å². The molecule has 1 amide bonds. The molecule has 0 radical (unpaired) electrons. The summed E-state index contributed by atoms with van der Waals surface area (Å²) in [5, 5.41) is 0.0654. The molecule has 27 heavy (non-hydrogen) atoms. The van der Waals surface area contributed by atoms with Gasteiger partial charge in [-0.15, -0.1) is 0 Å². The molecular weight excluding hydrogens is 422 g/mol. The van der Waals surface area contributed by atoms with Crippen LogP contribution in [-0.4, -0.2) is 31.7 Å². The Labute approximate surface area is 165 Å². The second-order valence-corrected chi connectivity index (χ2v) is 8.26. The fraction of sp³-hybridized carbons (Fsp3) is 0.250. The highest BCUT2D eigenvalue weighted by molar-refractivity contribution is 7.89. The third-order valence-corrected chi connectivity index (χ3v) is 4.02. The number of nitrogens with zero attached hydrogens (tertiary/aromatic N) is 1. The first-order valence-electron chi connectivity index (χ1n) is 7.47. The van der Waals surface area contributed by atoms with Crippen LogP contribution in [0, 0.1) is 5.82 Å². The summed E-state index contributed by atoms with van der Waals surface area (Å²) in [5.74, 6) is -1.91. The Kier molecular flexibility index (Phi) is 6.50. The first-order valence-corrected chi connectivity index (χ1v) is 10.1. The van der Waals surface area contributed by atoms with Crippen LogP contribution in [0.15, 0.2) is 24.4 Å². The minimum Gasteiger partial charge on any atom is -0.474 e. The maximum atomic E-state index is 14.2. The van der Waals surface area contributed by atoms with Gasteiger partial charge in [-0.25, -0.2) is 22.5 Å². The molecule has 7 nitrogen and oxygen atoms in total. The highest BCUT2D eigenvalue weighted by Gasteiger charge is 2.19. The number of carbonyl (C=O) groups is 1. The molecule has 146 valence electrons. The Bertz CT molecular complexity index is 983. The molecule has 0 saturated heterocycles. The number of hydrogen-bond acceptors (Lipinski definition) is 6. The Balaban J connectivity index is 2.26. The quantitative estimate of drug-likeness (QED) is 0.739. The predicted molar refractivity (Wildman–Crippen MR) is 98.8 cm³/mol. The van der Waals surface area contributed by atoms with E-state index in [9.17, 15) is 17.6 Å². The molecule has 1 aromatic heterocycles. The lowest BCUT2D eigenvalue weighted by molar-refractivity contribution is 0.0977. The van der Waals surface area contributed by atoms with E-state index in [0.717, 1.165) is 18.4 Å². The van der Waals surface area contributed by atoms with Crippen LogP contribution in [-0.2, 0) is 10.0 Å². The Morgan fingerprint density at radius 2 is 1.89 bits per heavy atom. The van der Waals surface area contributed by atoms with Gasteiger partial charge < -0.3 is 9.47 Å². The zero-order chi connectivity index (χ0) is 20.4. The van der Waals surface area contributed by atoms with Gasteiger partial charge in [-0.05, 0) is 19.9 Å². The molecule has 0 aliphatic carbocycles. The minimum absolute atomic E-state index is 0.111. The second-order valence-electron chi connectivity index (χ2n) is 5.69. The minimum atomic E-state index is -3.85. The van der Waals surface area contributed by atoms with E-state index in [4.69, 9.17) is 32.7 Å². The molecular formula is C16H15Cl2FN2O5S. The summed E-state index contributed by atoms with van der Waals surface area (Å²) in [6.07, 6.45) is 1.95. The van der Waals surface area contributed by atoms with E-state index in [-0.39, 0.29) is 33.5 Å². The smallest absolute Gasteiger partial charge is 0.267 e. The lowest BCUT2D eigenvalue weighted by Crippen LogP contribution is -2.30. The van der Waals surface area contributed by atoms with Crippen molar-refractivity contribution in [3.63, 3.8) is 0 Å². The number of nitrogens with one attached hydrogen (secondary N) is 1. The van der Waals surface area contributed by atoms with E-state index < -0.39 is 27.3 Å². The average molecular weight is 437 g/mol. The zero-order valence-electron chi connectivity index (χ0n) is 14.4. The summed E-state index contributed by atoms with van der Waals surface area (Å²) in [7, 11) is -3.85. The maximum Gasteiger partial charge on any atom is 0.267 e. The summed E-state index contributed by atoms with van der Waals surface area (Å²) in [4.78, 5) is 15.8. The number of aromatic nitrogens is 1. The number of rotatable bonds is 6. The van der Waals surface area contributed by atoms with Crippen molar-refractivity contribution in [2.24, 2.45) is 0 Å². The van der Waals surface area contributed by atoms with Crippen molar-refractivity contribution in [1.29, 1.82) is 0 Å². The molecule has 0 aliphatic heterocycles. The van der Waals surface area contributed by atoms with Crippen molar-refractivity contribution in [3.8, 4) is 17.4 Å². The SMILES string of the molecule is CC(C)Oc1ncc(Oc2cc(F)c(C(=O)NS(C)(=O)=O)cc2Cl)cc1Cl. The third kappa shape index (κ3) is 5.95. The van der Waals surface area contributed by atoms with Crippen LogP contribution in [0.2, 0.25) is 10.0 Å². The van der Waals surface area contributed by atoms with Gasteiger partial charge in [-0.2, -0.15) is 0 Å². The molecule has 1 aromatic carbocycles. The van der Waals surface area contributed by atoms with Crippen LogP contribution in [0.5, 0.6) is 17.4 Å². The van der Waals surface area contributed by atoms with E-state index in [2.05, 4.69) is 4.98 Å². The highest BCUT2D eigenvalue weighted by atomic mass is 35.5. The van der Waals surface area contributed by atoms with Crippen LogP contribution in [0.25, 0.3) is 0 Å². The van der Waals surface area contributed by atoms with E-state index >= 15 is 0 Å². The lowest BCUT2D eigenvalue weighted by Gasteiger charge is -2.13. The third-order valence-electron chi connectivity index (χ3n) is 2.90. The molecule has 1 heterocycles. The van der Waals surface area contributed by atoms with Crippen molar-refractivity contribution in [2.75, 3.05) is 6.26 Å². The van der Waals surface area contributed by atoms with Gasteiger partial charge in [0.05, 0.1) is 29.1 Å². The number of benzene rings is 1. The van der Waals surface area contributed by atoms with Gasteiger partial charge in [0.25, 0.3) is 5.91 Å². The van der Waals surface area contributed by atoms with Crippen LogP contribution in [0.1, 0.15) is 24.2 Å². The summed E-state index contributed by atoms with van der Waals surface area (Å²) in [5.41, 5.74) is -0.547. The van der Waals surface area contributed by atoms with E-state index in [0.29, 0.717) is 0 Å². The summed E-state index contributed by atoms with van der Waals surface area (Å²) in [6, 6.07) is 3.22. The van der Waals surface area contributed by atoms with Crippen LogP contribution >= 0.6 is 23.2 Å². The Hall–Kier alpha value is -2.10. The summed E-state index contributed by atoms with van der Waals surface area (Å²) < 4.78 is 48.9. The topological polar surface area (TPSA) is 94.6 Å². The number of amides is 1. The molecule has 1 N–H and O–H groups in total. The summed E-state index contributed by atoms with van der Waals surface area (Å²) in [6.45, 7) is 3.62. The average Bonchev–Trinajstić information content (AvgIpc) is 2.51. The molecule has 11 heteroatoms. The molecule has 0 fully saturated rings. The summed E-state index contributed by atoms with van der Waals surface area (Å²) >= 11 is 12.1. The van der Waals surface area contributed by atoms with Gasteiger partial charge in [0, 0.05) is 12.1 Å². The first-order chi connectivity index (χ1) is 12.5. The van der Waals surface area contributed by atoms with Crippen molar-refractivity contribution < 1.29 is 27.1 Å². The van der Waals surface area contributed by atoms with E-state index in [1.807, 2.05) is 13.8 Å². The monoisotopic (exact) mass is 436 g/mol. The molecule has 2 aromatic rings. The van der Waals surface area contributed by atoms with Gasteiger partial charge in [-0.1, -0.05) is 23.2 Å². The highest BCUT2D eigenvalue weighted by Crippen LogP contribution is 2.34. The maximum absolute atomic E-state index is 14.2. The molecule has 2 rings (SSSR count). The van der Waals surface area contributed by atoms with Crippen molar-refractivity contribution >= 4 is 39.1 Å². The largest absolute Gasteiger partial charge is 0.474 e. The Morgan fingerprint density at radius 1 is 1.22 bits per heavy atom. The molecule has 0 bridgehead atoms. The number of hydrogen-bond donors (Lipinski definition) is 1. The number of halogens is 3. The molecule has 0 aliphatic rings.